The average Bonchev–Trinajstić information content (AvgIpc) is 2.67. The first-order valence-corrected chi connectivity index (χ1v) is 9.24. The van der Waals surface area contributed by atoms with Crippen LogP contribution in [0.4, 0.5) is 0 Å². The Morgan fingerprint density at radius 3 is 2.60 bits per heavy atom. The van der Waals surface area contributed by atoms with E-state index >= 15 is 0 Å². The van der Waals surface area contributed by atoms with E-state index in [0.29, 0.717) is 10.9 Å². The largest absolute Gasteiger partial charge is 0.259 e. The molecule has 1 aliphatic rings. The van der Waals surface area contributed by atoms with Crippen LogP contribution in [0.2, 0.25) is 5.02 Å². The van der Waals surface area contributed by atoms with E-state index in [1.807, 2.05) is 6.07 Å². The number of pyridine rings is 1. The second-order valence-corrected chi connectivity index (χ2v) is 7.30. The smallest absolute Gasteiger partial charge is 0.0589 e. The van der Waals surface area contributed by atoms with E-state index in [0.717, 1.165) is 18.5 Å². The summed E-state index contributed by atoms with van der Waals surface area (Å²) in [5.74, 6) is 0.372. The molecule has 0 aliphatic heterocycles. The summed E-state index contributed by atoms with van der Waals surface area (Å²) in [7, 11) is 0. The van der Waals surface area contributed by atoms with E-state index < -0.39 is 0 Å². The van der Waals surface area contributed by atoms with Gasteiger partial charge in [-0.1, -0.05) is 60.1 Å². The fraction of sp³-hybridized carbons (Fsp3) is 0.174. The van der Waals surface area contributed by atoms with Gasteiger partial charge in [-0.05, 0) is 64.1 Å². The highest BCUT2D eigenvalue weighted by Crippen LogP contribution is 2.40. The van der Waals surface area contributed by atoms with E-state index in [1.54, 1.807) is 6.20 Å². The van der Waals surface area contributed by atoms with Crippen LogP contribution in [0.3, 0.4) is 0 Å². The third kappa shape index (κ3) is 2.42. The van der Waals surface area contributed by atoms with Crippen LogP contribution in [0.1, 0.15) is 35.6 Å². The molecule has 1 aliphatic carbocycles. The van der Waals surface area contributed by atoms with Crippen LogP contribution >= 0.6 is 11.6 Å². The first kappa shape index (κ1) is 14.9. The van der Waals surface area contributed by atoms with Crippen LogP contribution < -0.4 is 0 Å². The minimum atomic E-state index is 0.372. The second kappa shape index (κ2) is 5.86. The van der Waals surface area contributed by atoms with Gasteiger partial charge >= 0.3 is 0 Å². The van der Waals surface area contributed by atoms with Crippen LogP contribution in [0.25, 0.3) is 21.5 Å². The highest BCUT2D eigenvalue weighted by Gasteiger charge is 2.24. The zero-order valence-electron chi connectivity index (χ0n) is 13.9. The number of halogens is 1. The van der Waals surface area contributed by atoms with E-state index in [-0.39, 0.29) is 0 Å². The van der Waals surface area contributed by atoms with Crippen molar-refractivity contribution in [1.29, 1.82) is 0 Å². The van der Waals surface area contributed by atoms with Crippen molar-refractivity contribution in [2.24, 2.45) is 0 Å². The van der Waals surface area contributed by atoms with Gasteiger partial charge in [0.05, 0.1) is 5.02 Å². The molecular weight excluding hydrogens is 326 g/mol. The van der Waals surface area contributed by atoms with Gasteiger partial charge in [0, 0.05) is 17.8 Å². The Hall–Kier alpha value is -2.38. The van der Waals surface area contributed by atoms with Crippen LogP contribution in [-0.4, -0.2) is 4.98 Å². The fourth-order valence-electron chi connectivity index (χ4n) is 4.31. The van der Waals surface area contributed by atoms with Crippen LogP contribution in [-0.2, 0) is 6.42 Å². The van der Waals surface area contributed by atoms with Gasteiger partial charge in [0.25, 0.3) is 0 Å². The quantitative estimate of drug-likeness (QED) is 0.359. The van der Waals surface area contributed by atoms with E-state index in [1.165, 1.54) is 39.1 Å². The van der Waals surface area contributed by atoms with Gasteiger partial charge in [-0.25, -0.2) is 0 Å². The number of hydrogen-bond donors (Lipinski definition) is 0. The Kier molecular flexibility index (Phi) is 3.50. The molecule has 1 unspecified atom stereocenters. The third-order valence-electron chi connectivity index (χ3n) is 5.48. The molecule has 1 atom stereocenters. The summed E-state index contributed by atoms with van der Waals surface area (Å²) < 4.78 is 0. The maximum atomic E-state index is 6.02. The van der Waals surface area contributed by atoms with Gasteiger partial charge in [0.1, 0.15) is 0 Å². The predicted molar refractivity (Wildman–Crippen MR) is 105 cm³/mol. The molecule has 0 spiro atoms. The normalized spacial score (nSPS) is 16.9. The number of hydrogen-bond acceptors (Lipinski definition) is 1. The minimum absolute atomic E-state index is 0.372. The summed E-state index contributed by atoms with van der Waals surface area (Å²) in [5, 5.41) is 6.11. The molecule has 0 radical (unpaired) electrons. The lowest BCUT2D eigenvalue weighted by atomic mass is 9.78. The number of aryl methyl sites for hydroxylation is 1. The number of benzene rings is 3. The van der Waals surface area contributed by atoms with Crippen molar-refractivity contribution in [2.45, 2.75) is 25.2 Å². The Labute approximate surface area is 152 Å². The van der Waals surface area contributed by atoms with Crippen molar-refractivity contribution < 1.29 is 0 Å². The standard InChI is InChI=1S/C23H18ClN/c24-16-9-13-23(25-14-16)22-7-3-6-18-20-10-8-15-4-1-2-5-17(15)19(20)11-12-21(18)22/h1-2,4-5,8-14,22H,3,6-7H2. The SMILES string of the molecule is Clc1ccc(C2CCCc3c2ccc2c3ccc3ccccc32)nc1. The molecule has 4 aromatic rings. The lowest BCUT2D eigenvalue weighted by molar-refractivity contribution is 0.607. The van der Waals surface area contributed by atoms with Gasteiger partial charge in [0.2, 0.25) is 0 Å². The second-order valence-electron chi connectivity index (χ2n) is 6.86. The molecule has 25 heavy (non-hydrogen) atoms. The maximum Gasteiger partial charge on any atom is 0.0589 e. The van der Waals surface area contributed by atoms with Crippen molar-refractivity contribution in [3.8, 4) is 0 Å². The van der Waals surface area contributed by atoms with Crippen LogP contribution in [0.5, 0.6) is 0 Å². The maximum absolute atomic E-state index is 6.02. The molecule has 0 saturated heterocycles. The summed E-state index contributed by atoms with van der Waals surface area (Å²) in [5.41, 5.74) is 4.06. The van der Waals surface area contributed by atoms with Crippen molar-refractivity contribution in [3.63, 3.8) is 0 Å². The molecule has 5 rings (SSSR count). The molecule has 0 fully saturated rings. The topological polar surface area (TPSA) is 12.9 Å². The first-order valence-electron chi connectivity index (χ1n) is 8.86. The lowest BCUT2D eigenvalue weighted by Gasteiger charge is -2.27. The van der Waals surface area contributed by atoms with Gasteiger partial charge in [-0.3, -0.25) is 4.98 Å². The third-order valence-corrected chi connectivity index (χ3v) is 5.70. The van der Waals surface area contributed by atoms with Crippen molar-refractivity contribution in [3.05, 3.63) is 88.7 Å². The molecule has 1 nitrogen and oxygen atoms in total. The highest BCUT2D eigenvalue weighted by molar-refractivity contribution is 6.30. The Bertz CT molecular complexity index is 1080. The molecular formula is C23H18ClN. The summed E-state index contributed by atoms with van der Waals surface area (Å²) in [6, 6.07) is 21.8. The fourth-order valence-corrected chi connectivity index (χ4v) is 4.42. The molecule has 0 bridgehead atoms. The average molecular weight is 344 g/mol. The van der Waals surface area contributed by atoms with Gasteiger partial charge in [-0.2, -0.15) is 0 Å². The Morgan fingerprint density at radius 1 is 0.840 bits per heavy atom. The molecule has 0 N–H and O–H groups in total. The predicted octanol–water partition coefficient (Wildman–Crippen LogP) is 6.51. The van der Waals surface area contributed by atoms with E-state index in [9.17, 15) is 0 Å². The zero-order chi connectivity index (χ0) is 16.8. The number of fused-ring (bicyclic) bond motifs is 5. The van der Waals surface area contributed by atoms with Crippen LogP contribution in [0.15, 0.2) is 66.9 Å². The van der Waals surface area contributed by atoms with Crippen molar-refractivity contribution in [2.75, 3.05) is 0 Å². The molecule has 3 aromatic carbocycles. The monoisotopic (exact) mass is 343 g/mol. The molecule has 1 aromatic heterocycles. The summed E-state index contributed by atoms with van der Waals surface area (Å²) in [6.07, 6.45) is 5.27. The molecule has 0 amide bonds. The number of nitrogens with zero attached hydrogens (tertiary/aromatic N) is 1. The zero-order valence-corrected chi connectivity index (χ0v) is 14.6. The minimum Gasteiger partial charge on any atom is -0.259 e. The van der Waals surface area contributed by atoms with Crippen molar-refractivity contribution in [1.82, 2.24) is 4.98 Å². The molecule has 122 valence electrons. The van der Waals surface area contributed by atoms with Gasteiger partial charge < -0.3 is 0 Å². The lowest BCUT2D eigenvalue weighted by Crippen LogP contribution is -2.12. The van der Waals surface area contributed by atoms with Crippen molar-refractivity contribution >= 4 is 33.1 Å². The first-order chi connectivity index (χ1) is 12.3. The Balaban J connectivity index is 1.73. The summed E-state index contributed by atoms with van der Waals surface area (Å²) >= 11 is 6.02. The summed E-state index contributed by atoms with van der Waals surface area (Å²) in [6.45, 7) is 0. The highest BCUT2D eigenvalue weighted by atomic mass is 35.5. The number of rotatable bonds is 1. The molecule has 1 heterocycles. The van der Waals surface area contributed by atoms with E-state index in [2.05, 4.69) is 59.6 Å². The Morgan fingerprint density at radius 2 is 1.72 bits per heavy atom. The van der Waals surface area contributed by atoms with E-state index in [4.69, 9.17) is 11.6 Å². The van der Waals surface area contributed by atoms with Gasteiger partial charge in [0.15, 0.2) is 0 Å². The van der Waals surface area contributed by atoms with Crippen LogP contribution in [0, 0.1) is 0 Å². The molecule has 0 saturated carbocycles. The van der Waals surface area contributed by atoms with Gasteiger partial charge in [-0.15, -0.1) is 0 Å². The number of aromatic nitrogens is 1. The molecule has 2 heteroatoms. The summed E-state index contributed by atoms with van der Waals surface area (Å²) in [4.78, 5) is 4.60.